The van der Waals surface area contributed by atoms with Crippen LogP contribution in [0, 0.1) is 5.82 Å². The number of hydrogen-bond acceptors (Lipinski definition) is 4. The maximum absolute atomic E-state index is 13.5. The van der Waals surface area contributed by atoms with Gasteiger partial charge in [0, 0.05) is 6.54 Å². The van der Waals surface area contributed by atoms with Crippen molar-refractivity contribution < 1.29 is 18.7 Å². The Morgan fingerprint density at radius 3 is 2.75 bits per heavy atom. The van der Waals surface area contributed by atoms with Gasteiger partial charge >= 0.3 is 5.97 Å². The second kappa shape index (κ2) is 8.53. The van der Waals surface area contributed by atoms with E-state index in [9.17, 15) is 9.18 Å². The molecule has 0 heterocycles. The van der Waals surface area contributed by atoms with E-state index in [4.69, 9.17) is 9.47 Å². The van der Waals surface area contributed by atoms with Crippen LogP contribution >= 0.6 is 0 Å². The number of carbonyl (C=O) groups is 1. The first-order valence-corrected chi connectivity index (χ1v) is 6.73. The molecule has 0 fully saturated rings. The number of halogens is 1. The molecule has 0 atom stereocenters. The average molecular weight is 283 g/mol. The van der Waals surface area contributed by atoms with Crippen LogP contribution in [-0.4, -0.2) is 38.2 Å². The summed E-state index contributed by atoms with van der Waals surface area (Å²) >= 11 is 0. The Morgan fingerprint density at radius 2 is 2.15 bits per heavy atom. The molecule has 0 aliphatic rings. The zero-order chi connectivity index (χ0) is 15.0. The highest BCUT2D eigenvalue weighted by molar-refractivity contribution is 5.71. The molecule has 0 spiro atoms. The monoisotopic (exact) mass is 283 g/mol. The molecule has 0 aromatic heterocycles. The normalized spacial score (nSPS) is 10.7. The lowest BCUT2D eigenvalue weighted by Crippen LogP contribution is -2.27. The molecule has 0 saturated heterocycles. The summed E-state index contributed by atoms with van der Waals surface area (Å²) in [6.07, 6.45) is 1.87. The van der Waals surface area contributed by atoms with E-state index in [-0.39, 0.29) is 18.3 Å². The molecule has 1 rings (SSSR count). The molecule has 0 aliphatic carbocycles. The van der Waals surface area contributed by atoms with Crippen molar-refractivity contribution in [3.63, 3.8) is 0 Å². The van der Waals surface area contributed by atoms with Crippen LogP contribution in [0.15, 0.2) is 18.2 Å². The molecule has 0 N–H and O–H groups in total. The molecule has 0 bridgehead atoms. The van der Waals surface area contributed by atoms with Gasteiger partial charge < -0.3 is 9.47 Å². The Morgan fingerprint density at radius 1 is 1.40 bits per heavy atom. The molecule has 0 amide bonds. The van der Waals surface area contributed by atoms with E-state index >= 15 is 0 Å². The molecule has 0 unspecified atom stereocenters. The predicted octanol–water partition coefficient (Wildman–Crippen LogP) is 2.61. The van der Waals surface area contributed by atoms with Crippen molar-refractivity contribution in [3.8, 4) is 5.75 Å². The number of likely N-dealkylation sites (N-methyl/N-ethyl adjacent to an activating group) is 1. The lowest BCUT2D eigenvalue weighted by atomic mass is 10.2. The van der Waals surface area contributed by atoms with Crippen LogP contribution in [0.25, 0.3) is 0 Å². The van der Waals surface area contributed by atoms with Gasteiger partial charge in [-0.05, 0) is 31.2 Å². The summed E-state index contributed by atoms with van der Waals surface area (Å²) in [5.41, 5.74) is 0.784. The first-order chi connectivity index (χ1) is 9.56. The summed E-state index contributed by atoms with van der Waals surface area (Å²) in [4.78, 5) is 13.3. The first kappa shape index (κ1) is 16.4. The van der Waals surface area contributed by atoms with Gasteiger partial charge in [-0.3, -0.25) is 9.69 Å². The van der Waals surface area contributed by atoms with Crippen molar-refractivity contribution in [2.24, 2.45) is 0 Å². The average Bonchev–Trinajstić information content (AvgIpc) is 2.39. The van der Waals surface area contributed by atoms with Crippen LogP contribution in [0.1, 0.15) is 25.3 Å². The minimum absolute atomic E-state index is 0.192. The highest BCUT2D eigenvalue weighted by atomic mass is 19.1. The van der Waals surface area contributed by atoms with Gasteiger partial charge in [0.15, 0.2) is 11.6 Å². The number of ether oxygens (including phenoxy) is 2. The zero-order valence-corrected chi connectivity index (χ0v) is 12.3. The van der Waals surface area contributed by atoms with E-state index in [1.165, 1.54) is 13.2 Å². The van der Waals surface area contributed by atoms with Crippen LogP contribution in [0.2, 0.25) is 0 Å². The summed E-state index contributed by atoms with van der Waals surface area (Å²) in [7, 11) is 3.22. The SMILES string of the molecule is CCCCOC(=O)CN(C)Cc1ccc(OC)c(F)c1. The van der Waals surface area contributed by atoms with E-state index in [2.05, 4.69) is 0 Å². The lowest BCUT2D eigenvalue weighted by Gasteiger charge is -2.16. The highest BCUT2D eigenvalue weighted by Crippen LogP contribution is 2.18. The van der Waals surface area contributed by atoms with Gasteiger partial charge in [-0.1, -0.05) is 19.4 Å². The largest absolute Gasteiger partial charge is 0.494 e. The fourth-order valence-electron chi connectivity index (χ4n) is 1.77. The smallest absolute Gasteiger partial charge is 0.320 e. The molecule has 112 valence electrons. The molecular weight excluding hydrogens is 261 g/mol. The summed E-state index contributed by atoms with van der Waals surface area (Å²) in [5, 5.41) is 0. The van der Waals surface area contributed by atoms with Gasteiger partial charge in [0.25, 0.3) is 0 Å². The molecule has 4 nitrogen and oxygen atoms in total. The van der Waals surface area contributed by atoms with Gasteiger partial charge in [0.05, 0.1) is 20.3 Å². The second-order valence-corrected chi connectivity index (χ2v) is 4.72. The van der Waals surface area contributed by atoms with Crippen molar-refractivity contribution in [2.75, 3.05) is 27.3 Å². The Kier molecular flexibility index (Phi) is 7.01. The van der Waals surface area contributed by atoms with Crippen LogP contribution in [0.4, 0.5) is 4.39 Å². The number of hydrogen-bond donors (Lipinski definition) is 0. The van der Waals surface area contributed by atoms with Crippen molar-refractivity contribution in [1.29, 1.82) is 0 Å². The van der Waals surface area contributed by atoms with Crippen LogP contribution in [0.3, 0.4) is 0 Å². The number of esters is 1. The third-order valence-corrected chi connectivity index (χ3v) is 2.83. The molecule has 1 aromatic rings. The fourth-order valence-corrected chi connectivity index (χ4v) is 1.77. The number of rotatable bonds is 8. The van der Waals surface area contributed by atoms with E-state index in [0.717, 1.165) is 18.4 Å². The summed E-state index contributed by atoms with van der Waals surface area (Å²) in [6.45, 7) is 3.17. The number of unbranched alkanes of at least 4 members (excludes halogenated alkanes) is 1. The fraction of sp³-hybridized carbons (Fsp3) is 0.533. The Labute approximate surface area is 119 Å². The maximum Gasteiger partial charge on any atom is 0.320 e. The minimum atomic E-state index is -0.399. The van der Waals surface area contributed by atoms with E-state index in [0.29, 0.717) is 13.2 Å². The van der Waals surface area contributed by atoms with Crippen molar-refractivity contribution in [1.82, 2.24) is 4.90 Å². The molecule has 20 heavy (non-hydrogen) atoms. The lowest BCUT2D eigenvalue weighted by molar-refractivity contribution is -0.144. The van der Waals surface area contributed by atoms with Crippen LogP contribution in [-0.2, 0) is 16.1 Å². The third-order valence-electron chi connectivity index (χ3n) is 2.83. The zero-order valence-electron chi connectivity index (χ0n) is 12.3. The topological polar surface area (TPSA) is 38.8 Å². The van der Waals surface area contributed by atoms with Crippen molar-refractivity contribution in [2.45, 2.75) is 26.3 Å². The van der Waals surface area contributed by atoms with Crippen molar-refractivity contribution >= 4 is 5.97 Å². The number of methoxy groups -OCH3 is 1. The Bertz CT molecular complexity index is 437. The van der Waals surface area contributed by atoms with Gasteiger partial charge in [-0.2, -0.15) is 0 Å². The molecule has 0 aliphatic heterocycles. The molecule has 0 saturated carbocycles. The summed E-state index contributed by atoms with van der Waals surface area (Å²) in [6, 6.07) is 4.77. The van der Waals surface area contributed by atoms with E-state index < -0.39 is 5.82 Å². The summed E-state index contributed by atoms with van der Waals surface area (Å²) < 4.78 is 23.5. The predicted molar refractivity (Wildman–Crippen MR) is 75.2 cm³/mol. The minimum Gasteiger partial charge on any atom is -0.494 e. The molecule has 1 aromatic carbocycles. The van der Waals surface area contributed by atoms with Gasteiger partial charge in [-0.25, -0.2) is 4.39 Å². The van der Waals surface area contributed by atoms with E-state index in [1.54, 1.807) is 24.1 Å². The van der Waals surface area contributed by atoms with Crippen molar-refractivity contribution in [3.05, 3.63) is 29.6 Å². The number of benzene rings is 1. The standard InChI is InChI=1S/C15H22FNO3/c1-4-5-8-20-15(18)11-17(2)10-12-6-7-14(19-3)13(16)9-12/h6-7,9H,4-5,8,10-11H2,1-3H3. The molecular formula is C15H22FNO3. The number of nitrogens with zero attached hydrogens (tertiary/aromatic N) is 1. The maximum atomic E-state index is 13.5. The van der Waals surface area contributed by atoms with Gasteiger partial charge in [0.1, 0.15) is 0 Å². The third kappa shape index (κ3) is 5.57. The molecule has 5 heteroatoms. The molecule has 0 radical (unpaired) electrons. The van der Waals surface area contributed by atoms with E-state index in [1.807, 2.05) is 6.92 Å². The van der Waals surface area contributed by atoms with Gasteiger partial charge in [0.2, 0.25) is 0 Å². The Hall–Kier alpha value is -1.62. The van der Waals surface area contributed by atoms with Crippen LogP contribution in [0.5, 0.6) is 5.75 Å². The van der Waals surface area contributed by atoms with Gasteiger partial charge in [-0.15, -0.1) is 0 Å². The van der Waals surface area contributed by atoms with Crippen LogP contribution < -0.4 is 4.74 Å². The second-order valence-electron chi connectivity index (χ2n) is 4.72. The quantitative estimate of drug-likeness (QED) is 0.543. The first-order valence-electron chi connectivity index (χ1n) is 6.73. The Balaban J connectivity index is 2.43. The highest BCUT2D eigenvalue weighted by Gasteiger charge is 2.10. The summed E-state index contributed by atoms with van der Waals surface area (Å²) in [5.74, 6) is -0.436. The number of carbonyl (C=O) groups excluding carboxylic acids is 1.